The highest BCUT2D eigenvalue weighted by Crippen LogP contribution is 2.25. The van der Waals surface area contributed by atoms with Crippen LogP contribution in [0.2, 0.25) is 0 Å². The molecule has 0 aromatic rings. The van der Waals surface area contributed by atoms with E-state index in [0.717, 1.165) is 25.8 Å². The predicted molar refractivity (Wildman–Crippen MR) is 103 cm³/mol. The van der Waals surface area contributed by atoms with Crippen LogP contribution in [0.15, 0.2) is 4.99 Å². The van der Waals surface area contributed by atoms with Gasteiger partial charge in [-0.15, -0.1) is 24.0 Å². The normalized spacial score (nSPS) is 16.1. The Bertz CT molecular complexity index is 423. The molecule has 0 aromatic carbocycles. The van der Waals surface area contributed by atoms with Crippen LogP contribution in [0.3, 0.4) is 0 Å². The fourth-order valence-electron chi connectivity index (χ4n) is 2.02. The standard InChI is InChI=1S/C14H30N4O2S.HI/c1-12(2)7-8-16-14(15-3)17-9-10-21(19,20)18-11-13-5-4-6-13;/h12-13,18H,4-11H2,1-3H3,(H2,15,16,17);1H. The zero-order chi connectivity index (χ0) is 15.7. The van der Waals surface area contributed by atoms with Gasteiger partial charge in [0.2, 0.25) is 10.0 Å². The number of nitrogens with one attached hydrogen (secondary N) is 3. The lowest BCUT2D eigenvalue weighted by Crippen LogP contribution is -2.42. The second kappa shape index (κ2) is 11.4. The zero-order valence-electron chi connectivity index (χ0n) is 13.9. The number of nitrogens with zero attached hydrogens (tertiary/aromatic N) is 1. The summed E-state index contributed by atoms with van der Waals surface area (Å²) in [6, 6.07) is 0. The number of hydrogen-bond donors (Lipinski definition) is 3. The lowest BCUT2D eigenvalue weighted by Gasteiger charge is -2.25. The molecule has 0 radical (unpaired) electrons. The van der Waals surface area contributed by atoms with E-state index in [1.54, 1.807) is 7.05 Å². The average molecular weight is 446 g/mol. The molecular formula is C14H31IN4O2S. The molecule has 1 aliphatic rings. The highest BCUT2D eigenvalue weighted by atomic mass is 127. The fourth-order valence-corrected chi connectivity index (χ4v) is 3.02. The van der Waals surface area contributed by atoms with Crippen molar-refractivity contribution in [3.8, 4) is 0 Å². The topological polar surface area (TPSA) is 82.6 Å². The summed E-state index contributed by atoms with van der Waals surface area (Å²) in [5.41, 5.74) is 0. The van der Waals surface area contributed by atoms with Gasteiger partial charge in [0, 0.05) is 26.7 Å². The summed E-state index contributed by atoms with van der Waals surface area (Å²) in [4.78, 5) is 4.08. The van der Waals surface area contributed by atoms with E-state index in [1.165, 1.54) is 6.42 Å². The molecule has 0 spiro atoms. The summed E-state index contributed by atoms with van der Waals surface area (Å²) in [5, 5.41) is 6.21. The van der Waals surface area contributed by atoms with Crippen molar-refractivity contribution in [2.75, 3.05) is 32.4 Å². The smallest absolute Gasteiger partial charge is 0.213 e. The minimum atomic E-state index is -3.19. The van der Waals surface area contributed by atoms with Crippen molar-refractivity contribution in [3.63, 3.8) is 0 Å². The maximum absolute atomic E-state index is 11.8. The number of aliphatic imine (C=N–C) groups is 1. The van der Waals surface area contributed by atoms with Crippen LogP contribution < -0.4 is 15.4 Å². The molecule has 0 bridgehead atoms. The Morgan fingerprint density at radius 3 is 2.36 bits per heavy atom. The van der Waals surface area contributed by atoms with Crippen molar-refractivity contribution in [2.45, 2.75) is 39.5 Å². The zero-order valence-corrected chi connectivity index (χ0v) is 17.0. The Balaban J connectivity index is 0.00000441. The van der Waals surface area contributed by atoms with E-state index >= 15 is 0 Å². The van der Waals surface area contributed by atoms with Gasteiger partial charge in [-0.2, -0.15) is 0 Å². The van der Waals surface area contributed by atoms with E-state index < -0.39 is 10.0 Å². The monoisotopic (exact) mass is 446 g/mol. The van der Waals surface area contributed by atoms with Gasteiger partial charge in [0.1, 0.15) is 0 Å². The lowest BCUT2D eigenvalue weighted by molar-refractivity contribution is 0.316. The van der Waals surface area contributed by atoms with Crippen molar-refractivity contribution in [1.82, 2.24) is 15.4 Å². The molecule has 0 aromatic heterocycles. The van der Waals surface area contributed by atoms with E-state index in [-0.39, 0.29) is 29.7 Å². The number of guanidine groups is 1. The molecule has 3 N–H and O–H groups in total. The molecule has 0 unspecified atom stereocenters. The molecule has 0 amide bonds. The van der Waals surface area contributed by atoms with E-state index in [1.807, 2.05) is 0 Å². The van der Waals surface area contributed by atoms with Gasteiger partial charge in [-0.1, -0.05) is 20.3 Å². The molecule has 0 saturated heterocycles. The molecule has 1 aliphatic carbocycles. The van der Waals surface area contributed by atoms with Gasteiger partial charge in [-0.25, -0.2) is 13.1 Å². The molecule has 1 fully saturated rings. The Hall–Kier alpha value is -0.0900. The molecule has 1 rings (SSSR count). The van der Waals surface area contributed by atoms with Crippen LogP contribution in [-0.2, 0) is 10.0 Å². The Kier molecular flexibility index (Phi) is 11.4. The van der Waals surface area contributed by atoms with Crippen molar-refractivity contribution in [1.29, 1.82) is 0 Å². The third kappa shape index (κ3) is 9.83. The van der Waals surface area contributed by atoms with Crippen molar-refractivity contribution < 1.29 is 8.42 Å². The second-order valence-corrected chi connectivity index (χ2v) is 8.00. The van der Waals surface area contributed by atoms with Crippen LogP contribution in [0.25, 0.3) is 0 Å². The third-order valence-electron chi connectivity index (χ3n) is 3.72. The predicted octanol–water partition coefficient (Wildman–Crippen LogP) is 1.53. The average Bonchev–Trinajstić information content (AvgIpc) is 2.34. The maximum atomic E-state index is 11.8. The Labute approximate surface area is 152 Å². The molecule has 0 heterocycles. The summed E-state index contributed by atoms with van der Waals surface area (Å²) >= 11 is 0. The van der Waals surface area contributed by atoms with Crippen LogP contribution in [0.5, 0.6) is 0 Å². The number of halogens is 1. The number of sulfonamides is 1. The molecule has 0 atom stereocenters. The molecular weight excluding hydrogens is 415 g/mol. The third-order valence-corrected chi connectivity index (χ3v) is 5.07. The second-order valence-electron chi connectivity index (χ2n) is 6.07. The van der Waals surface area contributed by atoms with E-state index in [4.69, 9.17) is 0 Å². The minimum absolute atomic E-state index is 0. The van der Waals surface area contributed by atoms with Crippen LogP contribution in [-0.4, -0.2) is 46.8 Å². The van der Waals surface area contributed by atoms with Gasteiger partial charge in [-0.3, -0.25) is 4.99 Å². The Morgan fingerprint density at radius 2 is 1.86 bits per heavy atom. The fraction of sp³-hybridized carbons (Fsp3) is 0.929. The van der Waals surface area contributed by atoms with Gasteiger partial charge >= 0.3 is 0 Å². The van der Waals surface area contributed by atoms with Gasteiger partial charge in [-0.05, 0) is 31.1 Å². The molecule has 132 valence electrons. The first-order valence-electron chi connectivity index (χ1n) is 7.85. The van der Waals surface area contributed by atoms with Gasteiger partial charge in [0.25, 0.3) is 0 Å². The maximum Gasteiger partial charge on any atom is 0.213 e. The molecule has 6 nitrogen and oxygen atoms in total. The first kappa shape index (κ1) is 21.9. The van der Waals surface area contributed by atoms with Gasteiger partial charge < -0.3 is 10.6 Å². The molecule has 8 heteroatoms. The van der Waals surface area contributed by atoms with Gasteiger partial charge in [0.15, 0.2) is 5.96 Å². The SMILES string of the molecule is CN=C(NCCC(C)C)NCCS(=O)(=O)NCC1CCC1.I. The first-order valence-corrected chi connectivity index (χ1v) is 9.50. The van der Waals surface area contributed by atoms with E-state index in [9.17, 15) is 8.42 Å². The first-order chi connectivity index (χ1) is 9.93. The molecule has 1 saturated carbocycles. The summed E-state index contributed by atoms with van der Waals surface area (Å²) in [6.45, 7) is 6.12. The van der Waals surface area contributed by atoms with Crippen molar-refractivity contribution in [3.05, 3.63) is 0 Å². The molecule has 0 aliphatic heterocycles. The molecule has 22 heavy (non-hydrogen) atoms. The number of rotatable bonds is 9. The minimum Gasteiger partial charge on any atom is -0.356 e. The highest BCUT2D eigenvalue weighted by Gasteiger charge is 2.19. The summed E-state index contributed by atoms with van der Waals surface area (Å²) in [5.74, 6) is 1.90. The number of hydrogen-bond acceptors (Lipinski definition) is 3. The summed E-state index contributed by atoms with van der Waals surface area (Å²) in [6.07, 6.45) is 4.58. The highest BCUT2D eigenvalue weighted by molar-refractivity contribution is 14.0. The van der Waals surface area contributed by atoms with Gasteiger partial charge in [0.05, 0.1) is 5.75 Å². The van der Waals surface area contributed by atoms with Crippen LogP contribution in [0, 0.1) is 11.8 Å². The van der Waals surface area contributed by atoms with Crippen LogP contribution >= 0.6 is 24.0 Å². The quantitative estimate of drug-likeness (QED) is 0.285. The largest absolute Gasteiger partial charge is 0.356 e. The summed E-state index contributed by atoms with van der Waals surface area (Å²) in [7, 11) is -1.50. The van der Waals surface area contributed by atoms with E-state index in [0.29, 0.717) is 30.9 Å². The Morgan fingerprint density at radius 1 is 1.23 bits per heavy atom. The van der Waals surface area contributed by atoms with E-state index in [2.05, 4.69) is 34.2 Å². The van der Waals surface area contributed by atoms with Crippen LogP contribution in [0.1, 0.15) is 39.5 Å². The van der Waals surface area contributed by atoms with Crippen molar-refractivity contribution in [2.24, 2.45) is 16.8 Å². The van der Waals surface area contributed by atoms with Crippen molar-refractivity contribution >= 4 is 40.0 Å². The van der Waals surface area contributed by atoms with Crippen LogP contribution in [0.4, 0.5) is 0 Å². The lowest BCUT2D eigenvalue weighted by atomic mass is 9.86. The summed E-state index contributed by atoms with van der Waals surface area (Å²) < 4.78 is 26.4.